The maximum absolute atomic E-state index is 12.2. The number of carbonyl (C=O) groups excluding carboxylic acids is 5. The van der Waals surface area contributed by atoms with Gasteiger partial charge in [-0.25, -0.2) is 4.79 Å². The molecule has 2 atom stereocenters. The normalized spacial score (nSPS) is 12.5. The third kappa shape index (κ3) is 12.1. The second kappa shape index (κ2) is 13.0. The van der Waals surface area contributed by atoms with Gasteiger partial charge in [0.2, 0.25) is 17.7 Å². The van der Waals surface area contributed by atoms with Crippen LogP contribution < -0.4 is 21.3 Å². The fourth-order valence-corrected chi connectivity index (χ4v) is 2.34. The number of carbonyl (C=O) groups is 5. The summed E-state index contributed by atoms with van der Waals surface area (Å²) in [7, 11) is 0. The van der Waals surface area contributed by atoms with Crippen molar-refractivity contribution in [3.05, 3.63) is 35.9 Å². The van der Waals surface area contributed by atoms with Gasteiger partial charge in [-0.05, 0) is 40.2 Å². The lowest BCUT2D eigenvalue weighted by Crippen LogP contribution is -2.52. The van der Waals surface area contributed by atoms with E-state index in [1.807, 2.05) is 18.2 Å². The molecule has 0 radical (unpaired) electrons. The molecule has 11 nitrogen and oxygen atoms in total. The summed E-state index contributed by atoms with van der Waals surface area (Å²) in [5.41, 5.74) is 0.124. The Labute approximate surface area is 193 Å². The predicted octanol–water partition coefficient (Wildman–Crippen LogP) is 0.380. The molecule has 1 rings (SSSR count). The van der Waals surface area contributed by atoms with Gasteiger partial charge in [0.05, 0.1) is 6.54 Å². The summed E-state index contributed by atoms with van der Waals surface area (Å²) in [6.45, 7) is 7.30. The monoisotopic (exact) mass is 464 g/mol. The molecule has 4 amide bonds. The molecule has 0 spiro atoms. The highest BCUT2D eigenvalue weighted by atomic mass is 16.6. The summed E-state index contributed by atoms with van der Waals surface area (Å²) in [6, 6.07) is 7.11. The minimum absolute atomic E-state index is 0.0514. The molecule has 0 bridgehead atoms. The first kappa shape index (κ1) is 27.4. The van der Waals surface area contributed by atoms with Crippen LogP contribution in [0.25, 0.3) is 0 Å². The summed E-state index contributed by atoms with van der Waals surface area (Å²) >= 11 is 0. The quantitative estimate of drug-likeness (QED) is 0.365. The summed E-state index contributed by atoms with van der Waals surface area (Å²) < 4.78 is 10.1. The second-order valence-electron chi connectivity index (χ2n) is 8.24. The molecule has 0 aliphatic heterocycles. The van der Waals surface area contributed by atoms with Gasteiger partial charge in [0.15, 0.2) is 0 Å². The Balaban J connectivity index is 2.31. The molecule has 1 aromatic rings. The van der Waals surface area contributed by atoms with Crippen LogP contribution in [0.15, 0.2) is 30.3 Å². The van der Waals surface area contributed by atoms with Gasteiger partial charge in [-0.3, -0.25) is 19.2 Å². The molecule has 0 saturated carbocycles. The van der Waals surface area contributed by atoms with Crippen LogP contribution in [-0.4, -0.2) is 60.6 Å². The number of ether oxygens (including phenoxy) is 2. The van der Waals surface area contributed by atoms with Crippen molar-refractivity contribution >= 4 is 29.8 Å². The van der Waals surface area contributed by atoms with Crippen molar-refractivity contribution in [2.75, 3.05) is 13.1 Å². The lowest BCUT2D eigenvalue weighted by Gasteiger charge is -2.19. The maximum Gasteiger partial charge on any atom is 0.408 e. The van der Waals surface area contributed by atoms with Crippen LogP contribution in [0.1, 0.15) is 40.2 Å². The first-order valence-electron chi connectivity index (χ1n) is 10.4. The zero-order valence-electron chi connectivity index (χ0n) is 19.5. The number of hydrogen-bond donors (Lipinski definition) is 4. The van der Waals surface area contributed by atoms with E-state index < -0.39 is 47.5 Å². The zero-order chi connectivity index (χ0) is 25.0. The number of rotatable bonds is 10. The molecule has 0 heterocycles. The molecule has 1 aromatic carbocycles. The maximum atomic E-state index is 12.2. The van der Waals surface area contributed by atoms with Crippen LogP contribution in [0, 0.1) is 0 Å². The minimum Gasteiger partial charge on any atom is -0.459 e. The number of amides is 4. The fraction of sp³-hybridized carbons (Fsp3) is 0.500. The summed E-state index contributed by atoms with van der Waals surface area (Å²) in [5, 5.41) is 9.48. The van der Waals surface area contributed by atoms with Crippen LogP contribution in [0.2, 0.25) is 0 Å². The molecule has 0 unspecified atom stereocenters. The van der Waals surface area contributed by atoms with Gasteiger partial charge in [0, 0.05) is 0 Å². The van der Waals surface area contributed by atoms with E-state index in [0.717, 1.165) is 5.56 Å². The number of hydrogen-bond acceptors (Lipinski definition) is 7. The van der Waals surface area contributed by atoms with E-state index in [0.29, 0.717) is 0 Å². The molecular weight excluding hydrogens is 432 g/mol. The van der Waals surface area contributed by atoms with Crippen molar-refractivity contribution in [3.63, 3.8) is 0 Å². The van der Waals surface area contributed by atoms with Gasteiger partial charge in [-0.15, -0.1) is 0 Å². The summed E-state index contributed by atoms with van der Waals surface area (Å²) in [6.07, 6.45) is -0.778. The summed E-state index contributed by atoms with van der Waals surface area (Å²) in [4.78, 5) is 59.5. The van der Waals surface area contributed by atoms with Gasteiger partial charge in [-0.2, -0.15) is 0 Å². The molecule has 0 saturated heterocycles. The van der Waals surface area contributed by atoms with E-state index in [9.17, 15) is 24.0 Å². The zero-order valence-corrected chi connectivity index (χ0v) is 19.5. The Morgan fingerprint density at radius 3 is 2.06 bits per heavy atom. The van der Waals surface area contributed by atoms with Crippen LogP contribution in [-0.2, 0) is 35.3 Å². The Morgan fingerprint density at radius 2 is 1.45 bits per heavy atom. The third-order valence-corrected chi connectivity index (χ3v) is 3.97. The Hall–Kier alpha value is -3.63. The Bertz CT molecular complexity index is 837. The highest BCUT2D eigenvalue weighted by molar-refractivity contribution is 5.92. The molecule has 0 fully saturated rings. The SMILES string of the molecule is C[C@H](NC(=O)[C@@H](C)NC(=O)OCc1ccccc1)C(=O)NCC(=O)NCC(=O)OC(C)(C)C. The Morgan fingerprint density at radius 1 is 0.848 bits per heavy atom. The van der Waals surface area contributed by atoms with E-state index >= 15 is 0 Å². The van der Waals surface area contributed by atoms with Crippen LogP contribution in [0.5, 0.6) is 0 Å². The molecule has 4 N–H and O–H groups in total. The van der Waals surface area contributed by atoms with E-state index in [-0.39, 0.29) is 19.7 Å². The number of alkyl carbamates (subject to hydrolysis) is 1. The van der Waals surface area contributed by atoms with E-state index in [1.165, 1.54) is 13.8 Å². The van der Waals surface area contributed by atoms with Crippen molar-refractivity contribution in [3.8, 4) is 0 Å². The smallest absolute Gasteiger partial charge is 0.408 e. The van der Waals surface area contributed by atoms with E-state index in [1.54, 1.807) is 32.9 Å². The summed E-state index contributed by atoms with van der Waals surface area (Å²) in [5.74, 6) is -2.42. The number of esters is 1. The van der Waals surface area contributed by atoms with Gasteiger partial charge in [0.1, 0.15) is 30.8 Å². The van der Waals surface area contributed by atoms with Crippen molar-refractivity contribution < 1.29 is 33.4 Å². The lowest BCUT2D eigenvalue weighted by molar-refractivity contribution is -0.154. The largest absolute Gasteiger partial charge is 0.459 e. The first-order valence-corrected chi connectivity index (χ1v) is 10.4. The van der Waals surface area contributed by atoms with Gasteiger partial charge in [0.25, 0.3) is 0 Å². The van der Waals surface area contributed by atoms with E-state index in [4.69, 9.17) is 9.47 Å². The minimum atomic E-state index is -0.972. The average molecular weight is 465 g/mol. The predicted molar refractivity (Wildman–Crippen MR) is 119 cm³/mol. The molecule has 0 aliphatic carbocycles. The number of benzene rings is 1. The van der Waals surface area contributed by atoms with Gasteiger partial charge < -0.3 is 30.7 Å². The molecular formula is C22H32N4O7. The van der Waals surface area contributed by atoms with Crippen LogP contribution >= 0.6 is 0 Å². The topological polar surface area (TPSA) is 152 Å². The molecule has 33 heavy (non-hydrogen) atoms. The molecule has 11 heteroatoms. The van der Waals surface area contributed by atoms with Crippen LogP contribution in [0.3, 0.4) is 0 Å². The average Bonchev–Trinajstić information content (AvgIpc) is 2.73. The highest BCUT2D eigenvalue weighted by Gasteiger charge is 2.22. The molecule has 0 aliphatic rings. The lowest BCUT2D eigenvalue weighted by atomic mass is 10.2. The fourth-order valence-electron chi connectivity index (χ4n) is 2.34. The number of nitrogens with one attached hydrogen (secondary N) is 4. The van der Waals surface area contributed by atoms with Crippen molar-refractivity contribution in [1.82, 2.24) is 21.3 Å². The van der Waals surface area contributed by atoms with Gasteiger partial charge >= 0.3 is 12.1 Å². The van der Waals surface area contributed by atoms with E-state index in [2.05, 4.69) is 21.3 Å². The van der Waals surface area contributed by atoms with Gasteiger partial charge in [-0.1, -0.05) is 30.3 Å². The van der Waals surface area contributed by atoms with Crippen LogP contribution in [0.4, 0.5) is 4.79 Å². The van der Waals surface area contributed by atoms with Crippen molar-refractivity contribution in [1.29, 1.82) is 0 Å². The second-order valence-corrected chi connectivity index (χ2v) is 8.24. The first-order chi connectivity index (χ1) is 15.4. The third-order valence-electron chi connectivity index (χ3n) is 3.97. The standard InChI is InChI=1S/C22H32N4O7/c1-14(19(29)24-11-17(27)23-12-18(28)33-22(3,4)5)25-20(30)15(2)26-21(31)32-13-16-9-7-6-8-10-16/h6-10,14-15H,11-13H2,1-5H3,(H,23,27)(H,24,29)(H,25,30)(H,26,31)/t14-,15+/m0/s1. The molecule has 0 aromatic heterocycles. The Kier molecular flexibility index (Phi) is 10.8. The molecule has 182 valence electrons. The van der Waals surface area contributed by atoms with Crippen molar-refractivity contribution in [2.24, 2.45) is 0 Å². The van der Waals surface area contributed by atoms with Crippen molar-refractivity contribution in [2.45, 2.75) is 58.9 Å². The highest BCUT2D eigenvalue weighted by Crippen LogP contribution is 2.06.